The van der Waals surface area contributed by atoms with Gasteiger partial charge in [-0.1, -0.05) is 51.1 Å². The fourth-order valence-electron chi connectivity index (χ4n) is 3.36. The lowest BCUT2D eigenvalue weighted by molar-refractivity contribution is -0.535. The van der Waals surface area contributed by atoms with Crippen LogP contribution < -0.4 is 5.32 Å². The van der Waals surface area contributed by atoms with Gasteiger partial charge in [0.05, 0.1) is 13.0 Å². The summed E-state index contributed by atoms with van der Waals surface area (Å²) in [5.41, 5.74) is 0.400. The minimum atomic E-state index is -0.883. The molecular weight excluding hydrogens is 284 g/mol. The topological polar surface area (TPSA) is 81.5 Å². The Balaban J connectivity index is 2.48. The second-order valence-electron chi connectivity index (χ2n) is 6.72. The number of rotatable bonds is 3. The zero-order valence-corrected chi connectivity index (χ0v) is 13.3. The van der Waals surface area contributed by atoms with Crippen LogP contribution in [0, 0.1) is 21.4 Å². The van der Waals surface area contributed by atoms with Crippen LogP contribution >= 0.6 is 0 Å². The maximum Gasteiger partial charge on any atom is 0.323 e. The van der Waals surface area contributed by atoms with Gasteiger partial charge >= 0.3 is 5.97 Å². The van der Waals surface area contributed by atoms with Crippen LogP contribution in [0.4, 0.5) is 0 Å². The van der Waals surface area contributed by atoms with Gasteiger partial charge in [0.2, 0.25) is 6.04 Å². The van der Waals surface area contributed by atoms with Gasteiger partial charge in [-0.3, -0.25) is 20.2 Å². The number of nitrogens with one attached hydrogen (secondary N) is 1. The number of nitro groups is 1. The molecule has 1 aromatic rings. The average molecular weight is 306 g/mol. The summed E-state index contributed by atoms with van der Waals surface area (Å²) in [5.74, 6) is -0.912. The van der Waals surface area contributed by atoms with Gasteiger partial charge in [-0.2, -0.15) is 0 Å². The summed E-state index contributed by atoms with van der Waals surface area (Å²) >= 11 is 0. The van der Waals surface area contributed by atoms with Gasteiger partial charge < -0.3 is 4.74 Å². The number of methoxy groups -OCH3 is 1. The van der Waals surface area contributed by atoms with Crippen molar-refractivity contribution in [2.75, 3.05) is 7.11 Å². The largest absolute Gasteiger partial charge is 0.468 e. The lowest BCUT2D eigenvalue weighted by atomic mass is 9.73. The van der Waals surface area contributed by atoms with Crippen LogP contribution in [0.5, 0.6) is 0 Å². The molecular formula is C16H22N2O4. The molecule has 0 amide bonds. The molecule has 1 aliphatic rings. The molecule has 4 atom stereocenters. The first-order valence-electron chi connectivity index (χ1n) is 7.29. The highest BCUT2D eigenvalue weighted by Crippen LogP contribution is 2.43. The minimum Gasteiger partial charge on any atom is -0.468 e. The van der Waals surface area contributed by atoms with Crippen LogP contribution in [0.25, 0.3) is 0 Å². The summed E-state index contributed by atoms with van der Waals surface area (Å²) in [6.45, 7) is 5.75. The van der Waals surface area contributed by atoms with Crippen LogP contribution in [0.1, 0.15) is 32.4 Å². The monoisotopic (exact) mass is 306 g/mol. The third-order valence-corrected chi connectivity index (χ3v) is 4.28. The summed E-state index contributed by atoms with van der Waals surface area (Å²) in [7, 11) is 1.31. The van der Waals surface area contributed by atoms with Crippen molar-refractivity contribution in [1.82, 2.24) is 5.32 Å². The number of carbonyl (C=O) groups is 1. The molecule has 0 aromatic heterocycles. The maximum atomic E-state index is 12.1. The quantitative estimate of drug-likeness (QED) is 0.526. The van der Waals surface area contributed by atoms with Crippen molar-refractivity contribution < 1.29 is 14.5 Å². The van der Waals surface area contributed by atoms with Crippen LogP contribution in [-0.4, -0.2) is 30.1 Å². The summed E-state index contributed by atoms with van der Waals surface area (Å²) < 4.78 is 4.85. The first-order chi connectivity index (χ1) is 10.3. The van der Waals surface area contributed by atoms with E-state index in [2.05, 4.69) is 5.32 Å². The van der Waals surface area contributed by atoms with Crippen LogP contribution in [-0.2, 0) is 9.53 Å². The van der Waals surface area contributed by atoms with E-state index in [0.717, 1.165) is 5.56 Å². The van der Waals surface area contributed by atoms with E-state index in [9.17, 15) is 14.9 Å². The van der Waals surface area contributed by atoms with E-state index in [1.807, 2.05) is 51.1 Å². The number of ether oxygens (including phenoxy) is 1. The van der Waals surface area contributed by atoms with Crippen LogP contribution in [0.3, 0.4) is 0 Å². The molecule has 1 saturated heterocycles. The van der Waals surface area contributed by atoms with Gasteiger partial charge in [0.15, 0.2) is 0 Å². The Labute approximate surface area is 130 Å². The van der Waals surface area contributed by atoms with Crippen molar-refractivity contribution in [3.8, 4) is 0 Å². The first kappa shape index (κ1) is 16.4. The number of hydrogen-bond donors (Lipinski definition) is 1. The molecule has 1 N–H and O–H groups in total. The third-order valence-electron chi connectivity index (χ3n) is 4.28. The van der Waals surface area contributed by atoms with Crippen molar-refractivity contribution in [2.45, 2.75) is 38.9 Å². The third kappa shape index (κ3) is 2.97. The van der Waals surface area contributed by atoms with E-state index in [0.29, 0.717) is 0 Å². The molecule has 1 aliphatic heterocycles. The maximum absolute atomic E-state index is 12.1. The number of nitrogens with zero attached hydrogens (tertiary/aromatic N) is 1. The Morgan fingerprint density at radius 1 is 1.27 bits per heavy atom. The first-order valence-corrected chi connectivity index (χ1v) is 7.29. The molecule has 0 bridgehead atoms. The Morgan fingerprint density at radius 2 is 1.86 bits per heavy atom. The predicted molar refractivity (Wildman–Crippen MR) is 81.9 cm³/mol. The van der Waals surface area contributed by atoms with Gasteiger partial charge in [0.1, 0.15) is 12.1 Å². The molecule has 6 heteroatoms. The molecule has 120 valence electrons. The Hall–Kier alpha value is -1.95. The van der Waals surface area contributed by atoms with E-state index >= 15 is 0 Å². The zero-order valence-electron chi connectivity index (χ0n) is 13.3. The van der Waals surface area contributed by atoms with E-state index in [1.54, 1.807) is 0 Å². The van der Waals surface area contributed by atoms with Gasteiger partial charge in [-0.25, -0.2) is 0 Å². The van der Waals surface area contributed by atoms with E-state index in [4.69, 9.17) is 4.74 Å². The Bertz CT molecular complexity index is 553. The summed E-state index contributed by atoms with van der Waals surface area (Å²) in [5, 5.41) is 14.8. The summed E-state index contributed by atoms with van der Waals surface area (Å²) in [6.07, 6.45) is 0. The molecule has 0 saturated carbocycles. The molecule has 6 nitrogen and oxygen atoms in total. The van der Waals surface area contributed by atoms with Gasteiger partial charge in [-0.15, -0.1) is 0 Å². The molecule has 0 radical (unpaired) electrons. The van der Waals surface area contributed by atoms with Crippen molar-refractivity contribution >= 4 is 5.97 Å². The molecule has 0 aliphatic carbocycles. The second-order valence-corrected chi connectivity index (χ2v) is 6.72. The van der Waals surface area contributed by atoms with E-state index < -0.39 is 35.4 Å². The van der Waals surface area contributed by atoms with Crippen molar-refractivity contribution in [2.24, 2.45) is 11.3 Å². The fourth-order valence-corrected chi connectivity index (χ4v) is 3.36. The minimum absolute atomic E-state index is 0.274. The normalized spacial score (nSPS) is 28.4. The van der Waals surface area contributed by atoms with Crippen molar-refractivity contribution in [1.29, 1.82) is 0 Å². The number of carbonyl (C=O) groups excluding carboxylic acids is 1. The fraction of sp³-hybridized carbons (Fsp3) is 0.562. The molecule has 0 unspecified atom stereocenters. The van der Waals surface area contributed by atoms with Crippen molar-refractivity contribution in [3.63, 3.8) is 0 Å². The predicted octanol–water partition coefficient (Wildman–Crippen LogP) is 2.18. The van der Waals surface area contributed by atoms with Crippen molar-refractivity contribution in [3.05, 3.63) is 46.0 Å². The Kier molecular flexibility index (Phi) is 4.51. The van der Waals surface area contributed by atoms with E-state index in [-0.39, 0.29) is 4.92 Å². The molecule has 0 spiro atoms. The van der Waals surface area contributed by atoms with Crippen LogP contribution in [0.15, 0.2) is 30.3 Å². The van der Waals surface area contributed by atoms with Gasteiger partial charge in [0, 0.05) is 4.92 Å². The lowest BCUT2D eigenvalue weighted by Crippen LogP contribution is -2.45. The summed E-state index contributed by atoms with van der Waals surface area (Å²) in [4.78, 5) is 23.5. The molecule has 1 fully saturated rings. The number of esters is 1. The van der Waals surface area contributed by atoms with Crippen LogP contribution in [0.2, 0.25) is 0 Å². The molecule has 1 heterocycles. The zero-order chi connectivity index (χ0) is 16.5. The standard InChI is InChI=1S/C16H22N2O4/c1-16(2,3)11-13(15(19)22-4)17-12(14(11)18(20)21)10-8-6-5-7-9-10/h5-9,11-14,17H,1-4H3/t11-,12+,13+,14+/m1/s1. The molecule has 2 rings (SSSR count). The molecule has 22 heavy (non-hydrogen) atoms. The Morgan fingerprint density at radius 3 is 2.32 bits per heavy atom. The highest BCUT2D eigenvalue weighted by Gasteiger charge is 2.58. The SMILES string of the molecule is COC(=O)[C@H]1N[C@@H](c2ccccc2)[C@@H]([N+](=O)[O-])[C@@H]1C(C)(C)C. The average Bonchev–Trinajstić information content (AvgIpc) is 2.88. The highest BCUT2D eigenvalue weighted by molar-refractivity contribution is 5.77. The lowest BCUT2D eigenvalue weighted by Gasteiger charge is -2.31. The second kappa shape index (κ2) is 6.04. The number of benzene rings is 1. The highest BCUT2D eigenvalue weighted by atomic mass is 16.6. The smallest absolute Gasteiger partial charge is 0.323 e. The summed E-state index contributed by atoms with van der Waals surface area (Å²) in [6, 6.07) is 7.14. The van der Waals surface area contributed by atoms with Gasteiger partial charge in [0.25, 0.3) is 0 Å². The molecule has 1 aromatic carbocycles. The van der Waals surface area contributed by atoms with E-state index in [1.165, 1.54) is 7.11 Å². The van der Waals surface area contributed by atoms with Gasteiger partial charge in [-0.05, 0) is 11.0 Å². The number of hydrogen-bond acceptors (Lipinski definition) is 5.